The molecule has 0 saturated carbocycles. The van der Waals surface area contributed by atoms with Gasteiger partial charge in [0.25, 0.3) is 10.1 Å². The molecule has 10 nitrogen and oxygen atoms in total. The number of alkyl carbamates (subject to hydrolysis) is 1. The van der Waals surface area contributed by atoms with Gasteiger partial charge >= 0.3 is 12.1 Å². The number of carbonyl (C=O) groups is 2. The van der Waals surface area contributed by atoms with Gasteiger partial charge in [0.2, 0.25) is 0 Å². The minimum atomic E-state index is -4.02. The number of nitrogens with two attached hydrogens (primary N) is 1. The lowest BCUT2D eigenvalue weighted by molar-refractivity contribution is -0.136. The smallest absolute Gasteiger partial charge is 0.408 e. The molecule has 0 radical (unpaired) electrons. The Kier molecular flexibility index (Phi) is 10.2. The Morgan fingerprint density at radius 3 is 2.24 bits per heavy atom. The van der Waals surface area contributed by atoms with Gasteiger partial charge in [-0.1, -0.05) is 29.8 Å². The molecule has 0 saturated heterocycles. The Morgan fingerprint density at radius 1 is 1.15 bits per heavy atom. The first-order chi connectivity index (χ1) is 15.6. The number of ether oxygens (including phenoxy) is 2. The number of carbonyl (C=O) groups excluding carboxylic acids is 2. The number of hydrogen-bond acceptors (Lipinski definition) is 7. The number of rotatable bonds is 6. The molecular weight excluding hydrogens is 462 g/mol. The Bertz CT molecular complexity index is 1110. The van der Waals surface area contributed by atoms with E-state index in [9.17, 15) is 18.0 Å². The number of nitrogens with one attached hydrogen (secondary N) is 2. The highest BCUT2D eigenvalue weighted by molar-refractivity contribution is 7.85. The monoisotopic (exact) mass is 493 g/mol. The van der Waals surface area contributed by atoms with Crippen LogP contribution in [0.5, 0.6) is 5.75 Å². The van der Waals surface area contributed by atoms with Crippen LogP contribution in [0.1, 0.15) is 38.8 Å². The highest BCUT2D eigenvalue weighted by Gasteiger charge is 2.22. The fourth-order valence-corrected chi connectivity index (χ4v) is 2.88. The van der Waals surface area contributed by atoms with Crippen molar-refractivity contribution in [3.05, 3.63) is 59.7 Å². The van der Waals surface area contributed by atoms with Crippen LogP contribution in [0.3, 0.4) is 0 Å². The first kappa shape index (κ1) is 28.6. The summed E-state index contributed by atoms with van der Waals surface area (Å²) in [6, 6.07) is 11.8. The van der Waals surface area contributed by atoms with E-state index in [4.69, 9.17) is 25.2 Å². The summed E-state index contributed by atoms with van der Waals surface area (Å²) in [7, 11) is -4.02. The SMILES string of the molecule is C[C@@H](NC(=O)OC(C)(C)C)C(=O)Oc1cccc(CC(=N)N)c1.Cc1ccc(S(=O)(=O)O)cc1. The van der Waals surface area contributed by atoms with Crippen LogP contribution in [0.2, 0.25) is 0 Å². The summed E-state index contributed by atoms with van der Waals surface area (Å²) in [5.74, 6) is -0.268. The van der Waals surface area contributed by atoms with Gasteiger partial charge in [-0.15, -0.1) is 0 Å². The minimum Gasteiger partial charge on any atom is -0.444 e. The van der Waals surface area contributed by atoms with Crippen molar-refractivity contribution in [3.8, 4) is 5.75 Å². The van der Waals surface area contributed by atoms with Crippen LogP contribution < -0.4 is 15.8 Å². The first-order valence-electron chi connectivity index (χ1n) is 10.2. The van der Waals surface area contributed by atoms with Gasteiger partial charge < -0.3 is 20.5 Å². The van der Waals surface area contributed by atoms with Crippen LogP contribution >= 0.6 is 0 Å². The molecule has 2 rings (SSSR count). The van der Waals surface area contributed by atoms with E-state index < -0.39 is 33.8 Å². The van der Waals surface area contributed by atoms with Crippen molar-refractivity contribution in [1.29, 1.82) is 5.41 Å². The van der Waals surface area contributed by atoms with Crippen molar-refractivity contribution in [2.75, 3.05) is 0 Å². The fraction of sp³-hybridized carbons (Fsp3) is 0.348. The van der Waals surface area contributed by atoms with Crippen molar-refractivity contribution < 1.29 is 32.0 Å². The molecule has 0 bridgehead atoms. The van der Waals surface area contributed by atoms with Crippen molar-refractivity contribution in [1.82, 2.24) is 5.32 Å². The lowest BCUT2D eigenvalue weighted by atomic mass is 10.1. The predicted octanol–water partition coefficient (Wildman–Crippen LogP) is 3.23. The molecule has 186 valence electrons. The molecule has 1 amide bonds. The van der Waals surface area contributed by atoms with Crippen LogP contribution in [0.25, 0.3) is 0 Å². The second-order valence-corrected chi connectivity index (χ2v) is 9.85. The van der Waals surface area contributed by atoms with E-state index in [2.05, 4.69) is 5.32 Å². The van der Waals surface area contributed by atoms with Crippen LogP contribution in [-0.2, 0) is 26.1 Å². The second-order valence-electron chi connectivity index (χ2n) is 8.43. The number of aryl methyl sites for hydroxylation is 1. The molecule has 2 aromatic carbocycles. The summed E-state index contributed by atoms with van der Waals surface area (Å²) in [5, 5.41) is 9.68. The van der Waals surface area contributed by atoms with E-state index >= 15 is 0 Å². The molecule has 0 heterocycles. The summed E-state index contributed by atoms with van der Waals surface area (Å²) in [5.41, 5.74) is 6.41. The summed E-state index contributed by atoms with van der Waals surface area (Å²) in [6.07, 6.45) is -0.413. The molecule has 0 unspecified atom stereocenters. The lowest BCUT2D eigenvalue weighted by Crippen LogP contribution is -2.43. The quantitative estimate of drug-likeness (QED) is 0.156. The van der Waals surface area contributed by atoms with E-state index in [0.717, 1.165) is 11.1 Å². The molecule has 0 fully saturated rings. The number of esters is 1. The van der Waals surface area contributed by atoms with E-state index in [-0.39, 0.29) is 17.2 Å². The maximum Gasteiger partial charge on any atom is 0.408 e. The highest BCUT2D eigenvalue weighted by Crippen LogP contribution is 2.15. The third-order valence-electron chi connectivity index (χ3n) is 3.92. The second kappa shape index (κ2) is 12.1. The fourth-order valence-electron chi connectivity index (χ4n) is 2.40. The van der Waals surface area contributed by atoms with Gasteiger partial charge in [0, 0.05) is 6.42 Å². The molecule has 0 aromatic heterocycles. The van der Waals surface area contributed by atoms with Crippen LogP contribution in [-0.4, -0.2) is 42.5 Å². The number of benzene rings is 2. The third-order valence-corrected chi connectivity index (χ3v) is 4.78. The Hall–Kier alpha value is -3.44. The summed E-state index contributed by atoms with van der Waals surface area (Å²) in [6.45, 7) is 8.54. The Labute approximate surface area is 199 Å². The summed E-state index contributed by atoms with van der Waals surface area (Å²) >= 11 is 0. The molecule has 0 aliphatic heterocycles. The molecule has 34 heavy (non-hydrogen) atoms. The van der Waals surface area contributed by atoms with Crippen molar-refractivity contribution in [2.24, 2.45) is 5.73 Å². The van der Waals surface area contributed by atoms with Crippen molar-refractivity contribution in [3.63, 3.8) is 0 Å². The van der Waals surface area contributed by atoms with E-state index in [0.29, 0.717) is 5.75 Å². The summed E-state index contributed by atoms with van der Waals surface area (Å²) in [4.78, 5) is 23.5. The zero-order valence-electron chi connectivity index (χ0n) is 19.8. The largest absolute Gasteiger partial charge is 0.444 e. The minimum absolute atomic E-state index is 0.0217. The molecule has 5 N–H and O–H groups in total. The van der Waals surface area contributed by atoms with E-state index in [1.165, 1.54) is 19.1 Å². The highest BCUT2D eigenvalue weighted by atomic mass is 32.2. The zero-order valence-corrected chi connectivity index (χ0v) is 20.6. The number of hydrogen-bond donors (Lipinski definition) is 4. The van der Waals surface area contributed by atoms with E-state index in [1.807, 2.05) is 6.92 Å². The van der Waals surface area contributed by atoms with Crippen LogP contribution in [0.4, 0.5) is 4.79 Å². The van der Waals surface area contributed by atoms with Crippen LogP contribution in [0, 0.1) is 12.3 Å². The maximum atomic E-state index is 12.0. The van der Waals surface area contributed by atoms with Crippen LogP contribution in [0.15, 0.2) is 53.4 Å². The lowest BCUT2D eigenvalue weighted by Gasteiger charge is -2.21. The molecule has 11 heteroatoms. The molecule has 2 aromatic rings. The Morgan fingerprint density at radius 2 is 1.74 bits per heavy atom. The third kappa shape index (κ3) is 11.4. The number of amidine groups is 1. The molecule has 0 spiro atoms. The average molecular weight is 494 g/mol. The summed E-state index contributed by atoms with van der Waals surface area (Å²) < 4.78 is 39.8. The molecule has 0 aliphatic carbocycles. The first-order valence-corrected chi connectivity index (χ1v) is 11.7. The van der Waals surface area contributed by atoms with Gasteiger partial charge in [-0.25, -0.2) is 9.59 Å². The van der Waals surface area contributed by atoms with Gasteiger partial charge in [-0.2, -0.15) is 8.42 Å². The normalized spacial score (nSPS) is 11.9. The standard InChI is InChI=1S/C16H23N3O4.C7H8O3S/c1-10(19-15(21)23-16(2,3)4)14(20)22-12-7-5-6-11(8-12)9-13(17)18;1-6-2-4-7(5-3-6)11(8,9)10/h5-8,10H,9H2,1-4H3,(H3,17,18)(H,19,21);2-5H,1H3,(H,8,9,10)/t10-;/m1./s1. The molecule has 0 aliphatic rings. The molecular formula is C23H31N3O7S. The topological polar surface area (TPSA) is 169 Å². The van der Waals surface area contributed by atoms with Gasteiger partial charge in [0.05, 0.1) is 10.7 Å². The van der Waals surface area contributed by atoms with Gasteiger partial charge in [0.15, 0.2) is 0 Å². The van der Waals surface area contributed by atoms with Crippen molar-refractivity contribution >= 4 is 28.0 Å². The zero-order chi connectivity index (χ0) is 26.1. The van der Waals surface area contributed by atoms with E-state index in [1.54, 1.807) is 57.2 Å². The van der Waals surface area contributed by atoms with Gasteiger partial charge in [-0.05, 0) is 64.4 Å². The van der Waals surface area contributed by atoms with Crippen molar-refractivity contribution in [2.45, 2.75) is 57.6 Å². The van der Waals surface area contributed by atoms with Gasteiger partial charge in [0.1, 0.15) is 17.4 Å². The molecule has 1 atom stereocenters. The maximum absolute atomic E-state index is 12.0. The number of amides is 1. The van der Waals surface area contributed by atoms with Gasteiger partial charge in [-0.3, -0.25) is 9.96 Å². The average Bonchev–Trinajstić information content (AvgIpc) is 2.66. The predicted molar refractivity (Wildman–Crippen MR) is 128 cm³/mol. The Balaban J connectivity index is 0.000000437.